The monoisotopic (exact) mass is 260 g/mol. The zero-order chi connectivity index (χ0) is 13.8. The lowest BCUT2D eigenvalue weighted by Gasteiger charge is -2.25. The van der Waals surface area contributed by atoms with Gasteiger partial charge in [-0.25, -0.2) is 4.98 Å². The summed E-state index contributed by atoms with van der Waals surface area (Å²) in [5.74, 6) is 0.934. The first-order valence-electron chi connectivity index (χ1n) is 7.19. The van der Waals surface area contributed by atoms with Crippen LogP contribution in [-0.4, -0.2) is 16.7 Å². The Balaban J connectivity index is 2.23. The average molecular weight is 260 g/mol. The van der Waals surface area contributed by atoms with Gasteiger partial charge in [-0.2, -0.15) is 0 Å². The summed E-state index contributed by atoms with van der Waals surface area (Å²) < 4.78 is 0. The molecule has 0 aromatic carbocycles. The maximum Gasteiger partial charge on any atom is 0.137 e. The lowest BCUT2D eigenvalue weighted by Crippen LogP contribution is -2.25. The summed E-state index contributed by atoms with van der Waals surface area (Å²) in [6.07, 6.45) is 7.97. The second-order valence-corrected chi connectivity index (χ2v) is 5.67. The predicted molar refractivity (Wildman–Crippen MR) is 80.8 cm³/mol. The third kappa shape index (κ3) is 3.25. The second-order valence-electron chi connectivity index (χ2n) is 5.67. The minimum Gasteiger partial charge on any atom is -0.398 e. The molecule has 0 atom stereocenters. The minimum atomic E-state index is 0.151. The molecule has 0 bridgehead atoms. The fourth-order valence-electron chi connectivity index (χ4n) is 2.60. The van der Waals surface area contributed by atoms with Crippen molar-refractivity contribution in [3.63, 3.8) is 0 Å². The van der Waals surface area contributed by atoms with Crippen LogP contribution in [0.3, 0.4) is 0 Å². The van der Waals surface area contributed by atoms with E-state index in [1.54, 1.807) is 12.3 Å². The number of pyridine rings is 1. The molecule has 0 saturated heterocycles. The SMILES string of the molecule is CC(C)C(=N)c1c(N)ccnc1NC1CCCCC1. The summed E-state index contributed by atoms with van der Waals surface area (Å²) in [6.45, 7) is 4.03. The van der Waals surface area contributed by atoms with E-state index < -0.39 is 0 Å². The van der Waals surface area contributed by atoms with Crippen molar-refractivity contribution in [1.82, 2.24) is 4.98 Å². The van der Waals surface area contributed by atoms with Crippen LogP contribution in [0, 0.1) is 11.3 Å². The van der Waals surface area contributed by atoms with Crippen LogP contribution in [-0.2, 0) is 0 Å². The Labute approximate surface area is 115 Å². The molecule has 1 fully saturated rings. The summed E-state index contributed by atoms with van der Waals surface area (Å²) in [6, 6.07) is 2.25. The zero-order valence-electron chi connectivity index (χ0n) is 11.9. The van der Waals surface area contributed by atoms with Gasteiger partial charge in [-0.15, -0.1) is 0 Å². The van der Waals surface area contributed by atoms with E-state index in [1.807, 2.05) is 13.8 Å². The molecule has 0 aliphatic heterocycles. The quantitative estimate of drug-likeness (QED) is 0.726. The molecule has 0 unspecified atom stereocenters. The maximum absolute atomic E-state index is 8.22. The molecule has 19 heavy (non-hydrogen) atoms. The van der Waals surface area contributed by atoms with E-state index in [-0.39, 0.29) is 5.92 Å². The summed E-state index contributed by atoms with van der Waals surface area (Å²) in [4.78, 5) is 4.41. The number of nitrogens with two attached hydrogens (primary N) is 1. The first kappa shape index (κ1) is 13.8. The van der Waals surface area contributed by atoms with E-state index in [0.717, 1.165) is 11.4 Å². The van der Waals surface area contributed by atoms with E-state index in [4.69, 9.17) is 11.1 Å². The van der Waals surface area contributed by atoms with Gasteiger partial charge in [0, 0.05) is 23.6 Å². The number of nitrogens with one attached hydrogen (secondary N) is 2. The second kappa shape index (κ2) is 6.04. The Morgan fingerprint density at radius 1 is 1.37 bits per heavy atom. The maximum atomic E-state index is 8.22. The molecule has 0 spiro atoms. The van der Waals surface area contributed by atoms with Crippen LogP contribution in [0.2, 0.25) is 0 Å². The van der Waals surface area contributed by atoms with E-state index in [0.29, 0.717) is 17.4 Å². The summed E-state index contributed by atoms with van der Waals surface area (Å²) >= 11 is 0. The first-order valence-corrected chi connectivity index (χ1v) is 7.19. The van der Waals surface area contributed by atoms with Crippen molar-refractivity contribution in [3.8, 4) is 0 Å². The van der Waals surface area contributed by atoms with E-state index in [1.165, 1.54) is 32.1 Å². The van der Waals surface area contributed by atoms with Crippen molar-refractivity contribution in [1.29, 1.82) is 5.41 Å². The third-order valence-corrected chi connectivity index (χ3v) is 3.78. The Morgan fingerprint density at radius 2 is 2.05 bits per heavy atom. The van der Waals surface area contributed by atoms with E-state index >= 15 is 0 Å². The average Bonchev–Trinajstić information content (AvgIpc) is 2.39. The zero-order valence-corrected chi connectivity index (χ0v) is 11.9. The van der Waals surface area contributed by atoms with Gasteiger partial charge in [-0.05, 0) is 24.8 Å². The summed E-state index contributed by atoms with van der Waals surface area (Å²) in [7, 11) is 0. The molecule has 4 nitrogen and oxygen atoms in total. The van der Waals surface area contributed by atoms with Crippen LogP contribution < -0.4 is 11.1 Å². The van der Waals surface area contributed by atoms with Gasteiger partial charge in [-0.1, -0.05) is 33.1 Å². The number of aromatic nitrogens is 1. The Hall–Kier alpha value is -1.58. The number of anilines is 2. The number of rotatable bonds is 4. The number of hydrogen-bond acceptors (Lipinski definition) is 4. The van der Waals surface area contributed by atoms with Crippen LogP contribution in [0.1, 0.15) is 51.5 Å². The number of hydrogen-bond donors (Lipinski definition) is 3. The molecule has 0 amide bonds. The largest absolute Gasteiger partial charge is 0.398 e. The molecule has 1 aliphatic carbocycles. The molecule has 4 heteroatoms. The highest BCUT2D eigenvalue weighted by Crippen LogP contribution is 2.26. The van der Waals surface area contributed by atoms with E-state index in [2.05, 4.69) is 10.3 Å². The standard InChI is InChI=1S/C15H24N4/c1-10(2)14(17)13-12(16)8-9-18-15(13)19-11-6-4-3-5-7-11/h8-11,17H,3-7H2,1-2H3,(H3,16,18,19). The molecule has 1 aromatic heterocycles. The van der Waals surface area contributed by atoms with Crippen LogP contribution in [0.15, 0.2) is 12.3 Å². The highest BCUT2D eigenvalue weighted by atomic mass is 15.0. The molecule has 4 N–H and O–H groups in total. The molecule has 0 radical (unpaired) electrons. The number of nitrogens with zero attached hydrogens (tertiary/aromatic N) is 1. The van der Waals surface area contributed by atoms with Crippen molar-refractivity contribution in [2.24, 2.45) is 5.92 Å². The van der Waals surface area contributed by atoms with Gasteiger partial charge in [0.25, 0.3) is 0 Å². The molecule has 1 aliphatic rings. The topological polar surface area (TPSA) is 74.8 Å². The van der Waals surface area contributed by atoms with Crippen molar-refractivity contribution < 1.29 is 0 Å². The van der Waals surface area contributed by atoms with Crippen LogP contribution in [0.5, 0.6) is 0 Å². The van der Waals surface area contributed by atoms with Crippen molar-refractivity contribution >= 4 is 17.2 Å². The van der Waals surface area contributed by atoms with Crippen molar-refractivity contribution in [3.05, 3.63) is 17.8 Å². The van der Waals surface area contributed by atoms with Crippen LogP contribution >= 0.6 is 0 Å². The summed E-state index contributed by atoms with van der Waals surface area (Å²) in [5.41, 5.74) is 8.03. The van der Waals surface area contributed by atoms with Crippen LogP contribution in [0.25, 0.3) is 0 Å². The van der Waals surface area contributed by atoms with Gasteiger partial charge >= 0.3 is 0 Å². The third-order valence-electron chi connectivity index (χ3n) is 3.78. The first-order chi connectivity index (χ1) is 9.09. The molecule has 2 rings (SSSR count). The fourth-order valence-corrected chi connectivity index (χ4v) is 2.60. The highest BCUT2D eigenvalue weighted by Gasteiger charge is 2.19. The Morgan fingerprint density at radius 3 is 2.68 bits per heavy atom. The fraction of sp³-hybridized carbons (Fsp3) is 0.600. The van der Waals surface area contributed by atoms with Gasteiger partial charge in [-0.3, -0.25) is 0 Å². The highest BCUT2D eigenvalue weighted by molar-refractivity contribution is 6.07. The normalized spacial score (nSPS) is 16.6. The Bertz CT molecular complexity index is 447. The lowest BCUT2D eigenvalue weighted by molar-refractivity contribution is 0.462. The van der Waals surface area contributed by atoms with Gasteiger partial charge in [0.2, 0.25) is 0 Å². The van der Waals surface area contributed by atoms with Gasteiger partial charge < -0.3 is 16.5 Å². The molecular weight excluding hydrogens is 236 g/mol. The van der Waals surface area contributed by atoms with Crippen molar-refractivity contribution in [2.45, 2.75) is 52.0 Å². The smallest absolute Gasteiger partial charge is 0.137 e. The van der Waals surface area contributed by atoms with E-state index in [9.17, 15) is 0 Å². The molecular formula is C15H24N4. The molecule has 104 valence electrons. The summed E-state index contributed by atoms with van der Waals surface area (Å²) in [5, 5.41) is 11.7. The molecule has 1 saturated carbocycles. The predicted octanol–water partition coefficient (Wildman–Crippen LogP) is 3.43. The molecule has 1 heterocycles. The lowest BCUT2D eigenvalue weighted by atomic mass is 9.94. The number of nitrogen functional groups attached to an aromatic ring is 1. The van der Waals surface area contributed by atoms with Crippen LogP contribution in [0.4, 0.5) is 11.5 Å². The van der Waals surface area contributed by atoms with Gasteiger partial charge in [0.15, 0.2) is 0 Å². The van der Waals surface area contributed by atoms with Gasteiger partial charge in [0.1, 0.15) is 5.82 Å². The van der Waals surface area contributed by atoms with Gasteiger partial charge in [0.05, 0.1) is 5.56 Å². The molecule has 1 aromatic rings. The van der Waals surface area contributed by atoms with Crippen molar-refractivity contribution in [2.75, 3.05) is 11.1 Å². The Kier molecular flexibility index (Phi) is 4.40. The minimum absolute atomic E-state index is 0.151.